The molecule has 34 heavy (non-hydrogen) atoms. The molecule has 2 atom stereocenters. The fourth-order valence-electron chi connectivity index (χ4n) is 4.66. The Morgan fingerprint density at radius 3 is 2.24 bits per heavy atom. The van der Waals surface area contributed by atoms with E-state index in [-0.39, 0.29) is 23.8 Å². The van der Waals surface area contributed by atoms with Gasteiger partial charge in [0.2, 0.25) is 5.91 Å². The maximum atomic E-state index is 13.2. The normalized spacial score (nSPS) is 18.2. The van der Waals surface area contributed by atoms with Crippen molar-refractivity contribution in [2.24, 2.45) is 5.41 Å². The second kappa shape index (κ2) is 9.70. The summed E-state index contributed by atoms with van der Waals surface area (Å²) < 4.78 is 5.63. The average molecular weight is 483 g/mol. The molecule has 1 aliphatic heterocycles. The highest BCUT2D eigenvalue weighted by atomic mass is 32.2. The summed E-state index contributed by atoms with van der Waals surface area (Å²) in [6.45, 7) is 6.06. The zero-order chi connectivity index (χ0) is 24.5. The molecule has 2 amide bonds. The van der Waals surface area contributed by atoms with E-state index in [4.69, 9.17) is 4.74 Å². The number of hydrogen-bond acceptors (Lipinski definition) is 5. The quantitative estimate of drug-likeness (QED) is 0.637. The Labute approximate surface area is 203 Å². The van der Waals surface area contributed by atoms with Gasteiger partial charge in [0.05, 0.1) is 5.88 Å². The molecule has 0 saturated carbocycles. The van der Waals surface area contributed by atoms with Gasteiger partial charge in [-0.1, -0.05) is 69.3 Å². The smallest absolute Gasteiger partial charge is 0.407 e. The van der Waals surface area contributed by atoms with Gasteiger partial charge >= 0.3 is 12.1 Å². The van der Waals surface area contributed by atoms with Gasteiger partial charge in [0, 0.05) is 11.7 Å². The SMILES string of the molecule is CC(C)(C)CC(NC(=O)OCC1c2ccccc2-c2ccccc21)C(=O)N1CSC[C@H]1C(=O)O. The Bertz CT molecular complexity index is 1050. The summed E-state index contributed by atoms with van der Waals surface area (Å²) in [6, 6.07) is 14.4. The van der Waals surface area contributed by atoms with Gasteiger partial charge in [-0.3, -0.25) is 4.79 Å². The molecule has 1 fully saturated rings. The van der Waals surface area contributed by atoms with E-state index in [0.717, 1.165) is 22.3 Å². The Balaban J connectivity index is 1.46. The lowest BCUT2D eigenvalue weighted by molar-refractivity contribution is -0.148. The molecule has 1 aliphatic carbocycles. The van der Waals surface area contributed by atoms with Crippen LogP contribution >= 0.6 is 11.8 Å². The number of nitrogens with one attached hydrogen (secondary N) is 1. The number of nitrogens with zero attached hydrogens (tertiary/aromatic N) is 1. The third kappa shape index (κ3) is 5.06. The number of carboxylic acid groups (broad SMARTS) is 1. The molecule has 4 rings (SSSR count). The molecule has 1 saturated heterocycles. The van der Waals surface area contributed by atoms with Crippen molar-refractivity contribution in [3.05, 3.63) is 59.7 Å². The van der Waals surface area contributed by atoms with Crippen LogP contribution in [0.25, 0.3) is 11.1 Å². The van der Waals surface area contributed by atoms with Crippen LogP contribution in [0.15, 0.2) is 48.5 Å². The van der Waals surface area contributed by atoms with E-state index < -0.39 is 24.1 Å². The molecule has 2 N–H and O–H groups in total. The number of carbonyl (C=O) groups is 3. The van der Waals surface area contributed by atoms with E-state index in [1.165, 1.54) is 16.7 Å². The molecule has 1 unspecified atom stereocenters. The highest BCUT2D eigenvalue weighted by Gasteiger charge is 2.39. The molecule has 2 aromatic carbocycles. The van der Waals surface area contributed by atoms with Gasteiger partial charge in [0.15, 0.2) is 0 Å². The molecule has 1 heterocycles. The number of aliphatic carboxylic acids is 1. The van der Waals surface area contributed by atoms with Crippen LogP contribution in [0.5, 0.6) is 0 Å². The van der Waals surface area contributed by atoms with Crippen LogP contribution in [0.2, 0.25) is 0 Å². The Morgan fingerprint density at radius 1 is 1.09 bits per heavy atom. The first-order valence-electron chi connectivity index (χ1n) is 11.4. The second-order valence-corrected chi connectivity index (χ2v) is 10.9. The van der Waals surface area contributed by atoms with Crippen molar-refractivity contribution in [3.8, 4) is 11.1 Å². The van der Waals surface area contributed by atoms with Gasteiger partial charge in [0.25, 0.3) is 0 Å². The zero-order valence-corrected chi connectivity index (χ0v) is 20.4. The molecular formula is C26H30N2O5S. The summed E-state index contributed by atoms with van der Waals surface area (Å²) in [7, 11) is 0. The van der Waals surface area contributed by atoms with Crippen molar-refractivity contribution >= 4 is 29.7 Å². The van der Waals surface area contributed by atoms with Crippen LogP contribution in [-0.2, 0) is 14.3 Å². The molecule has 0 aromatic heterocycles. The first kappa shape index (κ1) is 24.1. The van der Waals surface area contributed by atoms with Crippen molar-refractivity contribution in [2.75, 3.05) is 18.2 Å². The molecule has 180 valence electrons. The van der Waals surface area contributed by atoms with E-state index in [1.54, 1.807) is 0 Å². The third-order valence-electron chi connectivity index (χ3n) is 6.20. The van der Waals surface area contributed by atoms with Crippen molar-refractivity contribution in [1.82, 2.24) is 10.2 Å². The number of carboxylic acids is 1. The number of alkyl carbamates (subject to hydrolysis) is 1. The standard InChI is InChI=1S/C26H30N2O5S/c1-26(2,3)12-21(23(29)28-15-34-14-22(28)24(30)31)27-25(32)33-13-20-18-10-6-4-8-16(18)17-9-5-7-11-19(17)20/h4-11,20-22H,12-15H2,1-3H3,(H,27,32)(H,30,31)/t21?,22-/m0/s1. The number of ether oxygens (including phenoxy) is 1. The first-order chi connectivity index (χ1) is 16.2. The van der Waals surface area contributed by atoms with Crippen molar-refractivity contribution < 1.29 is 24.2 Å². The largest absolute Gasteiger partial charge is 0.480 e. The molecule has 7 nitrogen and oxygen atoms in total. The minimum atomic E-state index is -1.03. The van der Waals surface area contributed by atoms with Gasteiger partial charge in [-0.05, 0) is 34.1 Å². The average Bonchev–Trinajstić information content (AvgIpc) is 3.39. The summed E-state index contributed by atoms with van der Waals surface area (Å²) >= 11 is 1.40. The summed E-state index contributed by atoms with van der Waals surface area (Å²) in [4.78, 5) is 39.0. The number of carbonyl (C=O) groups excluding carboxylic acids is 2. The van der Waals surface area contributed by atoms with Gasteiger partial charge in [-0.25, -0.2) is 9.59 Å². The van der Waals surface area contributed by atoms with Crippen LogP contribution < -0.4 is 5.32 Å². The highest BCUT2D eigenvalue weighted by Crippen LogP contribution is 2.44. The van der Waals surface area contributed by atoms with Crippen LogP contribution in [-0.4, -0.2) is 58.3 Å². The van der Waals surface area contributed by atoms with E-state index in [0.29, 0.717) is 18.1 Å². The van der Waals surface area contributed by atoms with Crippen LogP contribution in [0, 0.1) is 5.41 Å². The van der Waals surface area contributed by atoms with E-state index in [1.807, 2.05) is 57.2 Å². The predicted octanol–water partition coefficient (Wildman–Crippen LogP) is 4.32. The number of fused-ring (bicyclic) bond motifs is 3. The molecule has 2 aliphatic rings. The molecule has 0 spiro atoms. The number of benzene rings is 2. The van der Waals surface area contributed by atoms with E-state index in [9.17, 15) is 19.5 Å². The lowest BCUT2D eigenvalue weighted by atomic mass is 9.87. The lowest BCUT2D eigenvalue weighted by Crippen LogP contribution is -2.53. The summed E-state index contributed by atoms with van der Waals surface area (Å²) in [6.07, 6.45) is -0.313. The summed E-state index contributed by atoms with van der Waals surface area (Å²) in [5, 5.41) is 12.2. The minimum Gasteiger partial charge on any atom is -0.480 e. The Kier molecular flexibility index (Phi) is 6.89. The second-order valence-electron chi connectivity index (χ2n) is 9.95. The summed E-state index contributed by atoms with van der Waals surface area (Å²) in [5.41, 5.74) is 4.23. The lowest BCUT2D eigenvalue weighted by Gasteiger charge is -2.30. The first-order valence-corrected chi connectivity index (χ1v) is 12.5. The van der Waals surface area contributed by atoms with Crippen LogP contribution in [0.3, 0.4) is 0 Å². The minimum absolute atomic E-state index is 0.0821. The monoisotopic (exact) mass is 482 g/mol. The third-order valence-corrected chi connectivity index (χ3v) is 7.21. The van der Waals surface area contributed by atoms with Gasteiger partial charge in [0.1, 0.15) is 18.7 Å². The highest BCUT2D eigenvalue weighted by molar-refractivity contribution is 7.99. The predicted molar refractivity (Wildman–Crippen MR) is 132 cm³/mol. The molecule has 2 aromatic rings. The van der Waals surface area contributed by atoms with Gasteiger partial charge in [-0.2, -0.15) is 0 Å². The van der Waals surface area contributed by atoms with Gasteiger partial charge in [-0.15, -0.1) is 11.8 Å². The summed E-state index contributed by atoms with van der Waals surface area (Å²) in [5.74, 6) is -0.868. The number of amides is 2. The van der Waals surface area contributed by atoms with Crippen molar-refractivity contribution in [3.63, 3.8) is 0 Å². The maximum Gasteiger partial charge on any atom is 0.407 e. The number of thioether (sulfide) groups is 1. The van der Waals surface area contributed by atoms with Crippen LogP contribution in [0.4, 0.5) is 4.79 Å². The molecular weight excluding hydrogens is 452 g/mol. The molecule has 0 radical (unpaired) electrons. The fourth-order valence-corrected chi connectivity index (χ4v) is 5.81. The maximum absolute atomic E-state index is 13.2. The fraction of sp³-hybridized carbons (Fsp3) is 0.423. The molecule has 8 heteroatoms. The van der Waals surface area contributed by atoms with Crippen molar-refractivity contribution in [1.29, 1.82) is 0 Å². The van der Waals surface area contributed by atoms with Gasteiger partial charge < -0.3 is 20.1 Å². The van der Waals surface area contributed by atoms with E-state index >= 15 is 0 Å². The van der Waals surface area contributed by atoms with Crippen LogP contribution in [0.1, 0.15) is 44.2 Å². The Morgan fingerprint density at radius 2 is 1.68 bits per heavy atom. The number of rotatable bonds is 6. The zero-order valence-electron chi connectivity index (χ0n) is 19.6. The molecule has 0 bridgehead atoms. The van der Waals surface area contributed by atoms with Crippen molar-refractivity contribution in [2.45, 2.75) is 45.2 Å². The Hall–Kier alpha value is -3.00. The topological polar surface area (TPSA) is 95.9 Å². The van der Waals surface area contributed by atoms with E-state index in [2.05, 4.69) is 17.4 Å². The number of hydrogen-bond donors (Lipinski definition) is 2.